The Bertz CT molecular complexity index is 439. The number of hydrogen-bond acceptors (Lipinski definition) is 3. The molecule has 1 saturated heterocycles. The molecule has 2 N–H and O–H groups in total. The molecule has 0 radical (unpaired) electrons. The van der Waals surface area contributed by atoms with Crippen LogP contribution in [0.1, 0.15) is 18.4 Å². The molecule has 102 valence electrons. The standard InChI is InChI=1S/C14H19N3OS/c1-19-13-6-4-12(5-7-13)10-15-16-14(18)11-17-8-2-3-9-17/h4-7,10H,2-3,8-9,11H2,1H3,(H,16,18)/p+1/b15-10-. The third-order valence-corrected chi connectivity index (χ3v) is 3.98. The summed E-state index contributed by atoms with van der Waals surface area (Å²) in [5, 5.41) is 3.99. The summed E-state index contributed by atoms with van der Waals surface area (Å²) in [5.74, 6) is -0.00566. The van der Waals surface area contributed by atoms with Crippen LogP contribution in [-0.2, 0) is 4.79 Å². The number of carbonyl (C=O) groups is 1. The Labute approximate surface area is 118 Å². The lowest BCUT2D eigenvalue weighted by Gasteiger charge is -2.09. The van der Waals surface area contributed by atoms with Gasteiger partial charge in [0.2, 0.25) is 0 Å². The van der Waals surface area contributed by atoms with Gasteiger partial charge in [0.1, 0.15) is 0 Å². The van der Waals surface area contributed by atoms with Crippen molar-refractivity contribution in [3.8, 4) is 0 Å². The summed E-state index contributed by atoms with van der Waals surface area (Å²) < 4.78 is 0. The summed E-state index contributed by atoms with van der Waals surface area (Å²) in [5.41, 5.74) is 3.58. The second-order valence-corrected chi connectivity index (χ2v) is 5.58. The number of amides is 1. The molecule has 1 aromatic rings. The van der Waals surface area contributed by atoms with Crippen molar-refractivity contribution in [3.63, 3.8) is 0 Å². The highest BCUT2D eigenvalue weighted by atomic mass is 32.2. The molecule has 5 heteroatoms. The maximum atomic E-state index is 11.6. The fourth-order valence-electron chi connectivity index (χ4n) is 2.19. The number of rotatable bonds is 5. The van der Waals surface area contributed by atoms with Crippen LogP contribution >= 0.6 is 11.8 Å². The van der Waals surface area contributed by atoms with Gasteiger partial charge in [-0.25, -0.2) is 5.43 Å². The molecule has 0 bridgehead atoms. The van der Waals surface area contributed by atoms with Crippen molar-refractivity contribution in [2.45, 2.75) is 17.7 Å². The quantitative estimate of drug-likeness (QED) is 0.469. The summed E-state index contributed by atoms with van der Waals surface area (Å²) >= 11 is 1.71. The van der Waals surface area contributed by atoms with Crippen molar-refractivity contribution in [2.24, 2.45) is 5.10 Å². The van der Waals surface area contributed by atoms with E-state index in [1.165, 1.54) is 22.6 Å². The second-order valence-electron chi connectivity index (χ2n) is 4.70. The fraction of sp³-hybridized carbons (Fsp3) is 0.429. The summed E-state index contributed by atoms with van der Waals surface area (Å²) in [6.45, 7) is 2.74. The van der Waals surface area contributed by atoms with E-state index in [-0.39, 0.29) is 5.91 Å². The van der Waals surface area contributed by atoms with Crippen LogP contribution < -0.4 is 10.3 Å². The first-order valence-corrected chi connectivity index (χ1v) is 7.80. The number of thioether (sulfide) groups is 1. The van der Waals surface area contributed by atoms with Gasteiger partial charge in [0, 0.05) is 17.7 Å². The molecule has 2 rings (SSSR count). The Morgan fingerprint density at radius 1 is 1.37 bits per heavy atom. The van der Waals surface area contributed by atoms with E-state index in [4.69, 9.17) is 0 Å². The molecule has 0 unspecified atom stereocenters. The lowest BCUT2D eigenvalue weighted by molar-refractivity contribution is -0.879. The van der Waals surface area contributed by atoms with Crippen molar-refractivity contribution < 1.29 is 9.69 Å². The van der Waals surface area contributed by atoms with Crippen molar-refractivity contribution in [1.82, 2.24) is 5.43 Å². The summed E-state index contributed by atoms with van der Waals surface area (Å²) in [7, 11) is 0. The minimum Gasteiger partial charge on any atom is -0.327 e. The van der Waals surface area contributed by atoms with Gasteiger partial charge in [0.15, 0.2) is 6.54 Å². The van der Waals surface area contributed by atoms with Gasteiger partial charge in [-0.3, -0.25) is 4.79 Å². The first kappa shape index (κ1) is 14.1. The highest BCUT2D eigenvalue weighted by Crippen LogP contribution is 2.13. The first-order chi connectivity index (χ1) is 9.28. The molecule has 1 aliphatic rings. The summed E-state index contributed by atoms with van der Waals surface area (Å²) in [4.78, 5) is 14.2. The Balaban J connectivity index is 1.76. The van der Waals surface area contributed by atoms with E-state index in [1.54, 1.807) is 18.0 Å². The fourth-order valence-corrected chi connectivity index (χ4v) is 2.60. The van der Waals surface area contributed by atoms with E-state index >= 15 is 0 Å². The Kier molecular flexibility index (Phi) is 5.42. The molecular formula is C14H20N3OS+. The van der Waals surface area contributed by atoms with Crippen molar-refractivity contribution in [2.75, 3.05) is 25.9 Å². The molecule has 1 aliphatic heterocycles. The second kappa shape index (κ2) is 7.31. The average molecular weight is 278 g/mol. The maximum Gasteiger partial charge on any atom is 0.295 e. The highest BCUT2D eigenvalue weighted by Gasteiger charge is 2.18. The van der Waals surface area contributed by atoms with Gasteiger partial charge in [-0.05, 0) is 24.0 Å². The molecule has 1 fully saturated rings. The van der Waals surface area contributed by atoms with Crippen molar-refractivity contribution in [1.29, 1.82) is 0 Å². The van der Waals surface area contributed by atoms with Crippen LogP contribution in [0.15, 0.2) is 34.3 Å². The topological polar surface area (TPSA) is 45.9 Å². The Morgan fingerprint density at radius 3 is 2.68 bits per heavy atom. The number of carbonyl (C=O) groups excluding carboxylic acids is 1. The average Bonchev–Trinajstić information content (AvgIpc) is 2.92. The number of likely N-dealkylation sites (tertiary alicyclic amines) is 1. The summed E-state index contributed by atoms with van der Waals surface area (Å²) in [6, 6.07) is 8.07. The zero-order valence-corrected chi connectivity index (χ0v) is 12.0. The van der Waals surface area contributed by atoms with Crippen LogP contribution in [-0.4, -0.2) is 38.0 Å². The number of nitrogens with zero attached hydrogens (tertiary/aromatic N) is 1. The van der Waals surface area contributed by atoms with Gasteiger partial charge >= 0.3 is 0 Å². The van der Waals surface area contributed by atoms with Crippen LogP contribution in [0.5, 0.6) is 0 Å². The first-order valence-electron chi connectivity index (χ1n) is 6.57. The molecule has 0 aromatic heterocycles. The molecule has 0 saturated carbocycles. The minimum absolute atomic E-state index is 0.00566. The normalized spacial score (nSPS) is 16.1. The van der Waals surface area contributed by atoms with Crippen LogP contribution in [0, 0.1) is 0 Å². The molecule has 0 atom stereocenters. The van der Waals surface area contributed by atoms with Gasteiger partial charge in [0.05, 0.1) is 19.3 Å². The lowest BCUT2D eigenvalue weighted by Crippen LogP contribution is -3.11. The predicted octanol–water partition coefficient (Wildman–Crippen LogP) is 0.537. The number of hydrazone groups is 1. The number of benzene rings is 1. The van der Waals surface area contributed by atoms with E-state index < -0.39 is 0 Å². The number of hydrogen-bond donors (Lipinski definition) is 2. The van der Waals surface area contributed by atoms with Crippen LogP contribution in [0.3, 0.4) is 0 Å². The van der Waals surface area contributed by atoms with Gasteiger partial charge < -0.3 is 4.90 Å². The molecule has 0 aliphatic carbocycles. The molecule has 1 heterocycles. The predicted molar refractivity (Wildman–Crippen MR) is 78.8 cm³/mol. The van der Waals surface area contributed by atoms with Gasteiger partial charge in [-0.2, -0.15) is 5.10 Å². The Hall–Kier alpha value is -1.33. The molecular weight excluding hydrogens is 258 g/mol. The Morgan fingerprint density at radius 2 is 2.05 bits per heavy atom. The van der Waals surface area contributed by atoms with Gasteiger partial charge in [-0.1, -0.05) is 12.1 Å². The van der Waals surface area contributed by atoms with Crippen molar-refractivity contribution in [3.05, 3.63) is 29.8 Å². The molecule has 0 spiro atoms. The van der Waals surface area contributed by atoms with Gasteiger partial charge in [-0.15, -0.1) is 11.8 Å². The third-order valence-electron chi connectivity index (χ3n) is 3.24. The van der Waals surface area contributed by atoms with E-state index in [2.05, 4.69) is 10.5 Å². The highest BCUT2D eigenvalue weighted by molar-refractivity contribution is 7.98. The van der Waals surface area contributed by atoms with E-state index in [0.717, 1.165) is 18.7 Å². The zero-order chi connectivity index (χ0) is 13.5. The third kappa shape index (κ3) is 4.69. The SMILES string of the molecule is CSc1ccc(/C=N\NC(=O)C[NH+]2CCCC2)cc1. The molecule has 1 amide bonds. The largest absolute Gasteiger partial charge is 0.327 e. The minimum atomic E-state index is -0.00566. The van der Waals surface area contributed by atoms with E-state index in [0.29, 0.717) is 6.54 Å². The van der Waals surface area contributed by atoms with Crippen LogP contribution in [0.2, 0.25) is 0 Å². The lowest BCUT2D eigenvalue weighted by atomic mass is 10.2. The number of quaternary nitrogens is 1. The monoisotopic (exact) mass is 278 g/mol. The molecule has 4 nitrogen and oxygen atoms in total. The maximum absolute atomic E-state index is 11.6. The van der Waals surface area contributed by atoms with Crippen LogP contribution in [0.4, 0.5) is 0 Å². The summed E-state index contributed by atoms with van der Waals surface area (Å²) in [6.07, 6.45) is 6.19. The smallest absolute Gasteiger partial charge is 0.295 e. The zero-order valence-electron chi connectivity index (χ0n) is 11.2. The van der Waals surface area contributed by atoms with E-state index in [9.17, 15) is 4.79 Å². The van der Waals surface area contributed by atoms with Crippen molar-refractivity contribution >= 4 is 23.9 Å². The molecule has 1 aromatic carbocycles. The van der Waals surface area contributed by atoms with Gasteiger partial charge in [0.25, 0.3) is 5.91 Å². The van der Waals surface area contributed by atoms with E-state index in [1.807, 2.05) is 30.5 Å². The van der Waals surface area contributed by atoms with Crippen LogP contribution in [0.25, 0.3) is 0 Å². The molecule has 19 heavy (non-hydrogen) atoms. The number of nitrogens with one attached hydrogen (secondary N) is 2.